The van der Waals surface area contributed by atoms with Crippen LogP contribution in [0.4, 0.5) is 0 Å². The minimum absolute atomic E-state index is 0.0411. The molecule has 0 aromatic heterocycles. The molecule has 0 spiro atoms. The molecule has 0 fully saturated rings. The van der Waals surface area contributed by atoms with Crippen LogP contribution in [-0.2, 0) is 0 Å². The summed E-state index contributed by atoms with van der Waals surface area (Å²) >= 11 is 0. The molecule has 3 nitrogen and oxygen atoms in total. The van der Waals surface area contributed by atoms with Crippen LogP contribution in [0.1, 0.15) is 43.1 Å². The number of carbonyl (C=O) groups excluding carboxylic acids is 1. The molecule has 1 unspecified atom stereocenters. The molecule has 0 aliphatic heterocycles. The number of rotatable bonds is 4. The van der Waals surface area contributed by atoms with Crippen LogP contribution in [0, 0.1) is 6.92 Å². The SMILES string of the molecule is CCC(C)N(CC)C(=O)c1ccc(O)cc1C. The van der Waals surface area contributed by atoms with Crippen molar-refractivity contribution in [1.29, 1.82) is 0 Å². The highest BCUT2D eigenvalue weighted by molar-refractivity contribution is 5.96. The molecule has 0 aliphatic carbocycles. The first-order valence-electron chi connectivity index (χ1n) is 6.11. The van der Waals surface area contributed by atoms with Gasteiger partial charge in [-0.25, -0.2) is 0 Å². The van der Waals surface area contributed by atoms with E-state index in [1.807, 2.05) is 18.7 Å². The van der Waals surface area contributed by atoms with Gasteiger partial charge in [-0.2, -0.15) is 0 Å². The lowest BCUT2D eigenvalue weighted by Gasteiger charge is -2.27. The number of aromatic hydroxyl groups is 1. The van der Waals surface area contributed by atoms with Crippen molar-refractivity contribution >= 4 is 5.91 Å². The maximum absolute atomic E-state index is 12.4. The van der Waals surface area contributed by atoms with Gasteiger partial charge < -0.3 is 10.0 Å². The fourth-order valence-electron chi connectivity index (χ4n) is 1.92. The van der Waals surface area contributed by atoms with Gasteiger partial charge in [0, 0.05) is 18.2 Å². The lowest BCUT2D eigenvalue weighted by Crippen LogP contribution is -2.38. The highest BCUT2D eigenvalue weighted by Gasteiger charge is 2.20. The van der Waals surface area contributed by atoms with E-state index in [1.165, 1.54) is 0 Å². The Morgan fingerprint density at radius 3 is 2.53 bits per heavy atom. The number of amides is 1. The van der Waals surface area contributed by atoms with Gasteiger partial charge in [0.05, 0.1) is 0 Å². The van der Waals surface area contributed by atoms with Crippen molar-refractivity contribution < 1.29 is 9.90 Å². The molecule has 0 saturated carbocycles. The van der Waals surface area contributed by atoms with E-state index in [9.17, 15) is 9.90 Å². The molecule has 0 radical (unpaired) electrons. The lowest BCUT2D eigenvalue weighted by atomic mass is 10.1. The largest absolute Gasteiger partial charge is 0.508 e. The Morgan fingerprint density at radius 2 is 2.06 bits per heavy atom. The van der Waals surface area contributed by atoms with E-state index in [1.54, 1.807) is 18.2 Å². The predicted molar refractivity (Wildman–Crippen MR) is 69.3 cm³/mol. The van der Waals surface area contributed by atoms with Crippen molar-refractivity contribution in [2.24, 2.45) is 0 Å². The van der Waals surface area contributed by atoms with Gasteiger partial charge in [0.1, 0.15) is 5.75 Å². The zero-order chi connectivity index (χ0) is 13.0. The summed E-state index contributed by atoms with van der Waals surface area (Å²) in [7, 11) is 0. The van der Waals surface area contributed by atoms with E-state index in [4.69, 9.17) is 0 Å². The number of hydrogen-bond acceptors (Lipinski definition) is 2. The van der Waals surface area contributed by atoms with Gasteiger partial charge in [-0.15, -0.1) is 0 Å². The van der Waals surface area contributed by atoms with Gasteiger partial charge >= 0.3 is 0 Å². The summed E-state index contributed by atoms with van der Waals surface area (Å²) < 4.78 is 0. The Bertz CT molecular complexity index is 401. The van der Waals surface area contributed by atoms with Crippen LogP contribution in [0.25, 0.3) is 0 Å². The standard InChI is InChI=1S/C14H21NO2/c1-5-11(4)15(6-2)14(17)13-8-7-12(16)9-10(13)3/h7-9,11,16H,5-6H2,1-4H3. The number of hydrogen-bond donors (Lipinski definition) is 1. The minimum atomic E-state index is 0.0411. The molecule has 17 heavy (non-hydrogen) atoms. The summed E-state index contributed by atoms with van der Waals surface area (Å²) in [6, 6.07) is 5.11. The third kappa shape index (κ3) is 2.99. The van der Waals surface area contributed by atoms with Gasteiger partial charge in [0.15, 0.2) is 0 Å². The second kappa shape index (κ2) is 5.71. The first-order chi connectivity index (χ1) is 8.01. The molecule has 0 bridgehead atoms. The van der Waals surface area contributed by atoms with E-state index < -0.39 is 0 Å². The highest BCUT2D eigenvalue weighted by atomic mass is 16.3. The summed E-state index contributed by atoms with van der Waals surface area (Å²) in [5.74, 6) is 0.241. The molecular formula is C14H21NO2. The van der Waals surface area contributed by atoms with Crippen LogP contribution < -0.4 is 0 Å². The topological polar surface area (TPSA) is 40.5 Å². The van der Waals surface area contributed by atoms with Crippen molar-refractivity contribution in [1.82, 2.24) is 4.90 Å². The average Bonchev–Trinajstić information content (AvgIpc) is 2.29. The molecule has 1 rings (SSSR count). The molecule has 1 atom stereocenters. The Labute approximate surface area is 103 Å². The normalized spacial score (nSPS) is 12.2. The van der Waals surface area contributed by atoms with Crippen molar-refractivity contribution in [2.75, 3.05) is 6.54 Å². The van der Waals surface area contributed by atoms with E-state index in [0.29, 0.717) is 12.1 Å². The number of benzene rings is 1. The summed E-state index contributed by atoms with van der Waals surface area (Å²) in [4.78, 5) is 14.2. The number of aryl methyl sites for hydroxylation is 1. The number of carbonyl (C=O) groups is 1. The van der Waals surface area contributed by atoms with E-state index in [0.717, 1.165) is 12.0 Å². The monoisotopic (exact) mass is 235 g/mol. The summed E-state index contributed by atoms with van der Waals surface area (Å²) in [5, 5.41) is 9.35. The Hall–Kier alpha value is -1.51. The van der Waals surface area contributed by atoms with Crippen molar-refractivity contribution in [3.8, 4) is 5.75 Å². The van der Waals surface area contributed by atoms with E-state index in [2.05, 4.69) is 13.8 Å². The maximum Gasteiger partial charge on any atom is 0.254 e. The third-order valence-electron chi connectivity index (χ3n) is 3.16. The quantitative estimate of drug-likeness (QED) is 0.871. The highest BCUT2D eigenvalue weighted by Crippen LogP contribution is 2.18. The molecule has 1 N–H and O–H groups in total. The molecule has 0 heterocycles. The van der Waals surface area contributed by atoms with Gasteiger partial charge in [-0.3, -0.25) is 4.79 Å². The summed E-state index contributed by atoms with van der Waals surface area (Å²) in [6.07, 6.45) is 0.941. The van der Waals surface area contributed by atoms with Crippen LogP contribution in [-0.4, -0.2) is 28.5 Å². The Morgan fingerprint density at radius 1 is 1.41 bits per heavy atom. The predicted octanol–water partition coefficient (Wildman–Crippen LogP) is 2.96. The second-order valence-corrected chi connectivity index (χ2v) is 4.35. The van der Waals surface area contributed by atoms with Gasteiger partial charge in [-0.1, -0.05) is 6.92 Å². The van der Waals surface area contributed by atoms with Crippen molar-refractivity contribution in [2.45, 2.75) is 40.2 Å². The van der Waals surface area contributed by atoms with Gasteiger partial charge in [0.2, 0.25) is 0 Å². The first-order valence-corrected chi connectivity index (χ1v) is 6.11. The first kappa shape index (κ1) is 13.6. The smallest absolute Gasteiger partial charge is 0.254 e. The van der Waals surface area contributed by atoms with Crippen molar-refractivity contribution in [3.05, 3.63) is 29.3 Å². The molecule has 94 valence electrons. The average molecular weight is 235 g/mol. The van der Waals surface area contributed by atoms with E-state index >= 15 is 0 Å². The Kier molecular flexibility index (Phi) is 4.55. The van der Waals surface area contributed by atoms with Crippen molar-refractivity contribution in [3.63, 3.8) is 0 Å². The van der Waals surface area contributed by atoms with Gasteiger partial charge in [0.25, 0.3) is 5.91 Å². The molecule has 0 aliphatic rings. The Balaban J connectivity index is 3.02. The zero-order valence-corrected chi connectivity index (χ0v) is 11.0. The third-order valence-corrected chi connectivity index (χ3v) is 3.16. The molecule has 0 saturated heterocycles. The second-order valence-electron chi connectivity index (χ2n) is 4.35. The van der Waals surface area contributed by atoms with Crippen LogP contribution in [0.3, 0.4) is 0 Å². The van der Waals surface area contributed by atoms with Crippen LogP contribution in [0.2, 0.25) is 0 Å². The fraction of sp³-hybridized carbons (Fsp3) is 0.500. The van der Waals surface area contributed by atoms with Crippen LogP contribution in [0.5, 0.6) is 5.75 Å². The zero-order valence-electron chi connectivity index (χ0n) is 11.0. The fourth-order valence-corrected chi connectivity index (χ4v) is 1.92. The molecule has 1 amide bonds. The van der Waals surface area contributed by atoms with E-state index in [-0.39, 0.29) is 17.7 Å². The number of phenols is 1. The molecule has 1 aromatic rings. The van der Waals surface area contributed by atoms with Crippen LogP contribution >= 0.6 is 0 Å². The number of phenolic OH excluding ortho intramolecular Hbond substituents is 1. The number of nitrogens with zero attached hydrogens (tertiary/aromatic N) is 1. The molecule has 3 heteroatoms. The summed E-state index contributed by atoms with van der Waals surface area (Å²) in [5.41, 5.74) is 1.49. The minimum Gasteiger partial charge on any atom is -0.508 e. The lowest BCUT2D eigenvalue weighted by molar-refractivity contribution is 0.0699. The van der Waals surface area contributed by atoms with Gasteiger partial charge in [-0.05, 0) is 51.0 Å². The molecular weight excluding hydrogens is 214 g/mol. The molecule has 1 aromatic carbocycles. The maximum atomic E-state index is 12.4. The summed E-state index contributed by atoms with van der Waals surface area (Å²) in [6.45, 7) is 8.66. The van der Waals surface area contributed by atoms with Crippen LogP contribution in [0.15, 0.2) is 18.2 Å².